The van der Waals surface area contributed by atoms with E-state index in [1.807, 2.05) is 4.90 Å². The van der Waals surface area contributed by atoms with Crippen LogP contribution < -0.4 is 4.72 Å². The lowest BCUT2D eigenvalue weighted by atomic mass is 9.92. The Labute approximate surface area is 254 Å². The summed E-state index contributed by atoms with van der Waals surface area (Å²) in [5.41, 5.74) is 1.72. The van der Waals surface area contributed by atoms with E-state index >= 15 is 0 Å². The number of benzene rings is 1. The van der Waals surface area contributed by atoms with Crippen LogP contribution in [0, 0.1) is 5.82 Å². The second-order valence-electron chi connectivity index (χ2n) is 11.0. The summed E-state index contributed by atoms with van der Waals surface area (Å²) in [5, 5.41) is 6.56. The van der Waals surface area contributed by atoms with Gasteiger partial charge >= 0.3 is 6.55 Å². The molecule has 2 aromatic heterocycles. The zero-order valence-corrected chi connectivity index (χ0v) is 24.8. The van der Waals surface area contributed by atoms with Crippen LogP contribution in [-0.4, -0.2) is 68.7 Å². The zero-order chi connectivity index (χ0) is 30.0. The van der Waals surface area contributed by atoms with E-state index < -0.39 is 34.7 Å². The molecule has 2 bridgehead atoms. The third-order valence-electron chi connectivity index (χ3n) is 8.30. The van der Waals surface area contributed by atoms with E-state index in [0.717, 1.165) is 12.3 Å². The molecule has 43 heavy (non-hydrogen) atoms. The molecule has 0 spiro atoms. The van der Waals surface area contributed by atoms with Crippen LogP contribution in [0.2, 0.25) is 5.02 Å². The normalized spacial score (nSPS) is 26.0. The average Bonchev–Trinajstić information content (AvgIpc) is 3.74. The number of hydrogen-bond acceptors (Lipinski definition) is 8. The summed E-state index contributed by atoms with van der Waals surface area (Å²) in [5.74, 6) is -0.0160. The second-order valence-corrected chi connectivity index (χ2v) is 13.9. The fourth-order valence-corrected chi connectivity index (χ4v) is 9.38. The molecule has 4 atom stereocenters. The number of fused-ring (bicyclic) bond motifs is 3. The maximum atomic E-state index is 14.0. The third kappa shape index (κ3) is 5.10. The van der Waals surface area contributed by atoms with Crippen LogP contribution in [0.25, 0.3) is 5.57 Å². The Bertz CT molecular complexity index is 1750. The van der Waals surface area contributed by atoms with Gasteiger partial charge in [0.05, 0.1) is 5.69 Å². The van der Waals surface area contributed by atoms with Crippen molar-refractivity contribution in [2.45, 2.75) is 62.8 Å². The third-order valence-corrected chi connectivity index (χ3v) is 11.2. The molecular weight excluding hydrogens is 627 g/mol. The van der Waals surface area contributed by atoms with E-state index in [-0.39, 0.29) is 54.4 Å². The van der Waals surface area contributed by atoms with Crippen molar-refractivity contribution >= 4 is 50.3 Å². The Balaban J connectivity index is 1.32. The van der Waals surface area contributed by atoms with Gasteiger partial charge in [-0.25, -0.2) is 14.1 Å². The van der Waals surface area contributed by atoms with Crippen molar-refractivity contribution in [2.75, 3.05) is 6.54 Å². The molecular formula is C27H25ClF3N7O3S2. The van der Waals surface area contributed by atoms with Crippen LogP contribution >= 0.6 is 22.9 Å². The van der Waals surface area contributed by atoms with Crippen LogP contribution in [0.15, 0.2) is 52.7 Å². The number of nitrogens with zero attached hydrogens (tertiary/aromatic N) is 6. The quantitative estimate of drug-likeness (QED) is 0.401. The molecule has 1 N–H and O–H groups in total. The van der Waals surface area contributed by atoms with Gasteiger partial charge in [-0.3, -0.25) is 9.79 Å². The van der Waals surface area contributed by atoms with Gasteiger partial charge in [0.2, 0.25) is 0 Å². The number of carbonyl (C=O) groups is 1. The van der Waals surface area contributed by atoms with Crippen molar-refractivity contribution in [1.29, 1.82) is 0 Å². The number of halogens is 4. The number of aliphatic imine (C=N–C) groups is 1. The highest BCUT2D eigenvalue weighted by Gasteiger charge is 2.48. The molecule has 10 nitrogen and oxygen atoms in total. The van der Waals surface area contributed by atoms with E-state index in [0.29, 0.717) is 45.2 Å². The van der Waals surface area contributed by atoms with E-state index in [1.54, 1.807) is 11.6 Å². The van der Waals surface area contributed by atoms with Crippen molar-refractivity contribution in [2.24, 2.45) is 4.99 Å². The molecule has 4 aliphatic heterocycles. The molecule has 3 saturated heterocycles. The number of Topliss-reactive ketones (excluding diaryl/α,β-unsaturated/α-hetero) is 1. The monoisotopic (exact) mass is 651 g/mol. The molecule has 0 aliphatic carbocycles. The minimum Gasteiger partial charge on any atom is -0.326 e. The number of amidine groups is 1. The average molecular weight is 652 g/mol. The molecule has 7 rings (SSSR count). The Morgan fingerprint density at radius 2 is 1.88 bits per heavy atom. The Morgan fingerprint density at radius 3 is 2.53 bits per heavy atom. The zero-order valence-electron chi connectivity index (χ0n) is 22.4. The first-order valence-corrected chi connectivity index (χ1v) is 16.4. The lowest BCUT2D eigenvalue weighted by Gasteiger charge is -2.33. The lowest BCUT2D eigenvalue weighted by molar-refractivity contribution is -0.122. The molecule has 1 aromatic carbocycles. The van der Waals surface area contributed by atoms with Crippen molar-refractivity contribution in [3.8, 4) is 0 Å². The number of carbonyl (C=O) groups excluding carboxylic acids is 1. The number of aromatic nitrogens is 3. The number of piperidine rings is 1. The number of hydrogen-bond donors (Lipinski definition) is 1. The molecule has 0 saturated carbocycles. The fraction of sp³-hybridized carbons (Fsp3) is 0.407. The van der Waals surface area contributed by atoms with Crippen molar-refractivity contribution in [1.82, 2.24) is 28.7 Å². The number of rotatable bonds is 7. The number of nitrogens with one attached hydrogen (secondary N) is 1. The molecule has 4 aliphatic rings. The topological polar surface area (TPSA) is 113 Å². The van der Waals surface area contributed by atoms with Crippen LogP contribution in [0.3, 0.4) is 0 Å². The van der Waals surface area contributed by atoms with Gasteiger partial charge in [0.25, 0.3) is 10.2 Å². The van der Waals surface area contributed by atoms with Crippen LogP contribution in [-0.2, 0) is 15.0 Å². The standard InChI is InChI=1S/C27H25ClF3N7O3S2/c28-20-9-14(29)1-4-19(20)24-23(21-5-7-37(34-21)27(30)31)22-10-15(13-36(22)25(33-24)26-32-6-8-42-26)35-43(40,41)38-16-2-3-17(38)12-18(39)11-16/h1,4-9,15-17,24,27,35H,2-3,10-13H2/t15-,16?,17?,24-/m0/s1. The lowest BCUT2D eigenvalue weighted by Crippen LogP contribution is -2.53. The number of ketones is 1. The van der Waals surface area contributed by atoms with Crippen LogP contribution in [0.1, 0.15) is 61.0 Å². The maximum Gasteiger partial charge on any atom is 0.333 e. The van der Waals surface area contributed by atoms with Gasteiger partial charge in [-0.15, -0.1) is 11.3 Å². The van der Waals surface area contributed by atoms with E-state index in [9.17, 15) is 26.4 Å². The van der Waals surface area contributed by atoms with Crippen molar-refractivity contribution in [3.63, 3.8) is 0 Å². The molecule has 0 radical (unpaired) electrons. The maximum absolute atomic E-state index is 14.0. The van der Waals surface area contributed by atoms with Crippen molar-refractivity contribution in [3.05, 3.63) is 74.8 Å². The Morgan fingerprint density at radius 1 is 1.12 bits per heavy atom. The summed E-state index contributed by atoms with van der Waals surface area (Å²) in [7, 11) is -3.96. The SMILES string of the molecule is O=C1CC2CCC(C1)N2S(=O)(=O)N[C@H]1CC2=C(c3ccn(C(F)F)n3)[C@H](c3ccc(F)cc3Cl)N=C(c3nccs3)N2C1. The van der Waals surface area contributed by atoms with E-state index in [1.165, 1.54) is 33.8 Å². The fourth-order valence-electron chi connectivity index (χ4n) is 6.63. The Hall–Kier alpha value is -3.11. The smallest absolute Gasteiger partial charge is 0.326 e. The number of alkyl halides is 2. The van der Waals surface area contributed by atoms with Crippen molar-refractivity contribution < 1.29 is 26.4 Å². The predicted octanol–water partition coefficient (Wildman–Crippen LogP) is 4.54. The minimum atomic E-state index is -3.96. The summed E-state index contributed by atoms with van der Waals surface area (Å²) in [4.78, 5) is 23.3. The molecule has 3 fully saturated rings. The second kappa shape index (κ2) is 10.8. The van der Waals surface area contributed by atoms with Crippen LogP contribution in [0.4, 0.5) is 13.2 Å². The Kier molecular flexibility index (Phi) is 7.20. The summed E-state index contributed by atoms with van der Waals surface area (Å²) in [6, 6.07) is 3.14. The van der Waals surface area contributed by atoms with Gasteiger partial charge in [0.1, 0.15) is 17.6 Å². The summed E-state index contributed by atoms with van der Waals surface area (Å²) >= 11 is 7.84. The minimum absolute atomic E-state index is 0.0739. The number of thiazole rings is 1. The van der Waals surface area contributed by atoms with Gasteiger partial charge in [0, 0.05) is 83.6 Å². The van der Waals surface area contributed by atoms with Crippen LogP contribution in [0.5, 0.6) is 0 Å². The molecule has 3 aromatic rings. The molecule has 6 heterocycles. The first-order chi connectivity index (χ1) is 20.6. The van der Waals surface area contributed by atoms with Gasteiger partial charge in [-0.1, -0.05) is 17.7 Å². The highest BCUT2D eigenvalue weighted by molar-refractivity contribution is 7.87. The first kappa shape index (κ1) is 28.6. The van der Waals surface area contributed by atoms with Gasteiger partial charge in [-0.05, 0) is 31.0 Å². The van der Waals surface area contributed by atoms with Gasteiger partial charge in [-0.2, -0.15) is 31.3 Å². The highest BCUT2D eigenvalue weighted by atomic mass is 35.5. The first-order valence-electron chi connectivity index (χ1n) is 13.7. The summed E-state index contributed by atoms with van der Waals surface area (Å²) in [6.45, 7) is -2.69. The predicted molar refractivity (Wildman–Crippen MR) is 153 cm³/mol. The molecule has 226 valence electrons. The summed E-state index contributed by atoms with van der Waals surface area (Å²) < 4.78 is 73.4. The van der Waals surface area contributed by atoms with Gasteiger partial charge < -0.3 is 4.90 Å². The highest BCUT2D eigenvalue weighted by Crippen LogP contribution is 2.46. The molecule has 0 amide bonds. The van der Waals surface area contributed by atoms with E-state index in [4.69, 9.17) is 16.6 Å². The van der Waals surface area contributed by atoms with E-state index in [2.05, 4.69) is 14.8 Å². The summed E-state index contributed by atoms with van der Waals surface area (Å²) in [6.07, 6.45) is 4.65. The largest absolute Gasteiger partial charge is 0.333 e. The molecule has 16 heteroatoms. The van der Waals surface area contributed by atoms with Gasteiger partial charge in [0.15, 0.2) is 10.8 Å². The molecule has 2 unspecified atom stereocenters.